The minimum atomic E-state index is -0.0808. The first-order valence-electron chi connectivity index (χ1n) is 10.7. The molecule has 5 fully saturated rings. The minimum Gasteiger partial charge on any atom is -0.360 e. The number of alkyl halides is 1. The van der Waals surface area contributed by atoms with Gasteiger partial charge in [-0.15, -0.1) is 0 Å². The summed E-state index contributed by atoms with van der Waals surface area (Å²) in [6.07, 6.45) is 13.3. The molecule has 9 atom stereocenters. The van der Waals surface area contributed by atoms with E-state index in [2.05, 4.69) is 42.8 Å². The van der Waals surface area contributed by atoms with Gasteiger partial charge in [0.2, 0.25) is 0 Å². The lowest BCUT2D eigenvalue weighted by atomic mass is 9.56. The van der Waals surface area contributed by atoms with Crippen molar-refractivity contribution in [1.82, 2.24) is 0 Å². The number of epoxide rings is 1. The van der Waals surface area contributed by atoms with E-state index < -0.39 is 0 Å². The van der Waals surface area contributed by atoms with Crippen molar-refractivity contribution in [3.8, 4) is 0 Å². The van der Waals surface area contributed by atoms with Gasteiger partial charge in [0.25, 0.3) is 0 Å². The van der Waals surface area contributed by atoms with Gasteiger partial charge in [-0.3, -0.25) is 0 Å². The second-order valence-corrected chi connectivity index (χ2v) is 11.5. The van der Waals surface area contributed by atoms with Crippen LogP contribution in [0.5, 0.6) is 0 Å². The summed E-state index contributed by atoms with van der Waals surface area (Å²) in [7, 11) is 0. The van der Waals surface area contributed by atoms with Crippen LogP contribution in [-0.4, -0.2) is 27.7 Å². The zero-order valence-electron chi connectivity index (χ0n) is 15.8. The summed E-state index contributed by atoms with van der Waals surface area (Å²) in [4.78, 5) is 0.528. The smallest absolute Gasteiger partial charge is 0.142 e. The maximum Gasteiger partial charge on any atom is 0.142 e. The highest BCUT2D eigenvalue weighted by atomic mass is 79.9. The van der Waals surface area contributed by atoms with Gasteiger partial charge in [-0.05, 0) is 79.8 Å². The van der Waals surface area contributed by atoms with Crippen LogP contribution in [0, 0.1) is 23.2 Å². The van der Waals surface area contributed by atoms with E-state index in [9.17, 15) is 0 Å². The van der Waals surface area contributed by atoms with Crippen molar-refractivity contribution in [3.05, 3.63) is 11.6 Å². The summed E-state index contributed by atoms with van der Waals surface area (Å²) in [6, 6.07) is 0. The van der Waals surface area contributed by atoms with Crippen molar-refractivity contribution in [2.45, 2.75) is 99.9 Å². The Morgan fingerprint density at radius 3 is 2.88 bits per heavy atom. The van der Waals surface area contributed by atoms with Gasteiger partial charge in [-0.25, -0.2) is 0 Å². The predicted octanol–water partition coefficient (Wildman–Crippen LogP) is 5.39. The number of fused-ring (bicyclic) bond motifs is 1. The summed E-state index contributed by atoms with van der Waals surface area (Å²) in [5, 5.41) is 0. The molecule has 6 aliphatic rings. The molecule has 3 aliphatic carbocycles. The van der Waals surface area contributed by atoms with Crippen LogP contribution in [0.3, 0.4) is 0 Å². The topological polar surface area (TPSA) is 21.8 Å². The highest BCUT2D eigenvalue weighted by Crippen LogP contribution is 2.74. The first kappa shape index (κ1) is 16.1. The molecule has 3 heteroatoms. The Labute approximate surface area is 160 Å². The van der Waals surface area contributed by atoms with Crippen molar-refractivity contribution in [1.29, 1.82) is 0 Å². The molecule has 9 unspecified atom stereocenters. The summed E-state index contributed by atoms with van der Waals surface area (Å²) >= 11 is 3.97. The highest BCUT2D eigenvalue weighted by molar-refractivity contribution is 9.09. The van der Waals surface area contributed by atoms with Gasteiger partial charge in [0.15, 0.2) is 0 Å². The Morgan fingerprint density at radius 1 is 1.24 bits per heavy atom. The Morgan fingerprint density at radius 2 is 2.08 bits per heavy atom. The van der Waals surface area contributed by atoms with E-state index in [0.29, 0.717) is 22.3 Å². The van der Waals surface area contributed by atoms with Gasteiger partial charge in [0.05, 0.1) is 11.7 Å². The number of hydrogen-bond acceptors (Lipinski definition) is 2. The first-order valence-corrected chi connectivity index (χ1v) is 11.6. The lowest BCUT2D eigenvalue weighted by molar-refractivity contribution is -0.181. The quantitative estimate of drug-likeness (QED) is 0.330. The average molecular weight is 407 g/mol. The van der Waals surface area contributed by atoms with Crippen molar-refractivity contribution in [2.75, 3.05) is 0 Å². The van der Waals surface area contributed by atoms with Crippen LogP contribution >= 0.6 is 15.9 Å². The zero-order valence-corrected chi connectivity index (χ0v) is 17.4. The summed E-state index contributed by atoms with van der Waals surface area (Å²) < 4.78 is 13.8. The van der Waals surface area contributed by atoms with Crippen LogP contribution in [0.25, 0.3) is 0 Å². The molecule has 3 spiro atoms. The third-order valence-electron chi connectivity index (χ3n) is 9.70. The lowest BCUT2D eigenvalue weighted by Gasteiger charge is -2.56. The molecule has 25 heavy (non-hydrogen) atoms. The van der Waals surface area contributed by atoms with E-state index in [1.54, 1.807) is 5.57 Å². The lowest BCUT2D eigenvalue weighted by Crippen LogP contribution is -2.61. The molecule has 6 rings (SSSR count). The molecule has 0 aromatic rings. The van der Waals surface area contributed by atoms with E-state index >= 15 is 0 Å². The van der Waals surface area contributed by atoms with Crippen molar-refractivity contribution in [2.24, 2.45) is 23.2 Å². The van der Waals surface area contributed by atoms with Gasteiger partial charge in [0.1, 0.15) is 11.2 Å². The van der Waals surface area contributed by atoms with Crippen LogP contribution < -0.4 is 0 Å². The Bertz CT molecular complexity index is 675. The van der Waals surface area contributed by atoms with Crippen molar-refractivity contribution in [3.63, 3.8) is 0 Å². The number of halogens is 1. The van der Waals surface area contributed by atoms with Crippen LogP contribution in [-0.2, 0) is 9.47 Å². The Balaban J connectivity index is 1.47. The van der Waals surface area contributed by atoms with Crippen molar-refractivity contribution >= 4 is 15.9 Å². The number of hydrogen-bond donors (Lipinski definition) is 0. The van der Waals surface area contributed by atoms with Gasteiger partial charge in [-0.2, -0.15) is 0 Å². The molecule has 0 amide bonds. The third-order valence-corrected chi connectivity index (χ3v) is 10.9. The molecule has 0 radical (unpaired) electrons. The molecule has 0 N–H and O–H groups in total. The van der Waals surface area contributed by atoms with Crippen LogP contribution in [0.4, 0.5) is 0 Å². The van der Waals surface area contributed by atoms with Gasteiger partial charge >= 0.3 is 0 Å². The largest absolute Gasteiger partial charge is 0.360 e. The van der Waals surface area contributed by atoms with E-state index in [0.717, 1.165) is 18.3 Å². The number of ether oxygens (including phenoxy) is 2. The van der Waals surface area contributed by atoms with Gasteiger partial charge in [-0.1, -0.05) is 43.1 Å². The summed E-state index contributed by atoms with van der Waals surface area (Å²) in [6.45, 7) is 7.34. The maximum absolute atomic E-state index is 7.29. The zero-order chi connectivity index (χ0) is 17.2. The monoisotopic (exact) mass is 406 g/mol. The fraction of sp³-hybridized carbons (Fsp3) is 0.909. The molecule has 3 heterocycles. The third kappa shape index (κ3) is 1.59. The molecule has 3 aliphatic heterocycles. The van der Waals surface area contributed by atoms with E-state index in [1.807, 2.05) is 0 Å². The normalized spacial score (nSPS) is 64.0. The molecular weight excluding hydrogens is 376 g/mol. The van der Waals surface area contributed by atoms with E-state index in [-0.39, 0.29) is 16.8 Å². The fourth-order valence-electron chi connectivity index (χ4n) is 8.29. The molecule has 138 valence electrons. The molecule has 3 saturated carbocycles. The van der Waals surface area contributed by atoms with E-state index in [4.69, 9.17) is 9.47 Å². The molecule has 0 aromatic carbocycles. The second-order valence-electron chi connectivity index (χ2n) is 10.3. The Kier molecular flexibility index (Phi) is 2.95. The predicted molar refractivity (Wildman–Crippen MR) is 102 cm³/mol. The first-order chi connectivity index (χ1) is 11.9. The molecule has 2 saturated heterocycles. The molecule has 2 bridgehead atoms. The fourth-order valence-corrected chi connectivity index (χ4v) is 9.09. The van der Waals surface area contributed by atoms with Crippen LogP contribution in [0.2, 0.25) is 0 Å². The van der Waals surface area contributed by atoms with Crippen LogP contribution in [0.1, 0.15) is 72.1 Å². The number of rotatable bonds is 1. The second kappa shape index (κ2) is 4.58. The highest BCUT2D eigenvalue weighted by Gasteiger charge is 2.80. The molecule has 0 aromatic heterocycles. The molecular formula is C22H31BrO2. The Hall–Kier alpha value is 0.140. The maximum atomic E-state index is 7.29. The molecule has 2 nitrogen and oxygen atoms in total. The summed E-state index contributed by atoms with van der Waals surface area (Å²) in [5.74, 6) is 2.21. The minimum absolute atomic E-state index is 0.0476. The standard InChI is InChI=1S/C22H31BrO2/c1-4-14-5-6-17-19(14,3)8-7-15-11-22-18(24-22)13(2)16(23)12-20(22)9-10-21(15,17)25-20/h11,13-14,16-18H,4-10,12H2,1-3H3. The van der Waals surface area contributed by atoms with Gasteiger partial charge in [0, 0.05) is 4.83 Å². The average Bonchev–Trinajstić information content (AvgIpc) is 3.08. The SMILES string of the molecule is CCC1CCC2C34CCC5(CC(Br)C(C)C6OC65C=C3CCC12C)O4. The van der Waals surface area contributed by atoms with E-state index in [1.165, 1.54) is 44.9 Å². The summed E-state index contributed by atoms with van der Waals surface area (Å²) in [5.41, 5.74) is 2.03. The van der Waals surface area contributed by atoms with Crippen LogP contribution in [0.15, 0.2) is 11.6 Å². The van der Waals surface area contributed by atoms with Crippen molar-refractivity contribution < 1.29 is 9.47 Å². The van der Waals surface area contributed by atoms with Gasteiger partial charge < -0.3 is 9.47 Å².